The Hall–Kier alpha value is -0.900. The van der Waals surface area contributed by atoms with Crippen LogP contribution < -0.4 is 5.32 Å². The van der Waals surface area contributed by atoms with Crippen molar-refractivity contribution in [1.29, 1.82) is 0 Å². The monoisotopic (exact) mass is 223 g/mol. The molecular formula is C13H21NO2. The fourth-order valence-electron chi connectivity index (χ4n) is 1.77. The van der Waals surface area contributed by atoms with E-state index in [9.17, 15) is 0 Å². The summed E-state index contributed by atoms with van der Waals surface area (Å²) in [5, 5.41) is 21.4. The SMILES string of the molecule is CCCC(NC(CO)CO)c1ccccc1. The number of hydrogen-bond acceptors (Lipinski definition) is 3. The van der Waals surface area contributed by atoms with Gasteiger partial charge in [-0.1, -0.05) is 43.7 Å². The van der Waals surface area contributed by atoms with E-state index in [1.165, 1.54) is 5.56 Å². The zero-order valence-electron chi connectivity index (χ0n) is 9.76. The lowest BCUT2D eigenvalue weighted by Crippen LogP contribution is -2.38. The molecule has 0 aliphatic heterocycles. The van der Waals surface area contributed by atoms with Crippen LogP contribution in [0.5, 0.6) is 0 Å². The van der Waals surface area contributed by atoms with E-state index in [1.807, 2.05) is 18.2 Å². The van der Waals surface area contributed by atoms with E-state index in [-0.39, 0.29) is 25.3 Å². The number of hydrogen-bond donors (Lipinski definition) is 3. The van der Waals surface area contributed by atoms with Gasteiger partial charge in [0.1, 0.15) is 0 Å². The second kappa shape index (κ2) is 7.39. The van der Waals surface area contributed by atoms with Gasteiger partial charge in [0.25, 0.3) is 0 Å². The van der Waals surface area contributed by atoms with Crippen LogP contribution in [0, 0.1) is 0 Å². The Kier molecular flexibility index (Phi) is 6.08. The molecule has 1 unspecified atom stereocenters. The van der Waals surface area contributed by atoms with Crippen molar-refractivity contribution < 1.29 is 10.2 Å². The third kappa shape index (κ3) is 3.93. The lowest BCUT2D eigenvalue weighted by atomic mass is 10.0. The highest BCUT2D eigenvalue weighted by molar-refractivity contribution is 5.18. The van der Waals surface area contributed by atoms with Gasteiger partial charge in [-0.3, -0.25) is 0 Å². The molecule has 0 heterocycles. The van der Waals surface area contributed by atoms with Crippen LogP contribution >= 0.6 is 0 Å². The van der Waals surface area contributed by atoms with Crippen LogP contribution in [0.2, 0.25) is 0 Å². The lowest BCUT2D eigenvalue weighted by Gasteiger charge is -2.23. The molecule has 0 bridgehead atoms. The molecule has 0 spiro atoms. The molecule has 3 nitrogen and oxygen atoms in total. The van der Waals surface area contributed by atoms with E-state index in [1.54, 1.807) is 0 Å². The molecule has 3 N–H and O–H groups in total. The average molecular weight is 223 g/mol. The third-order valence-electron chi connectivity index (χ3n) is 2.66. The molecule has 1 rings (SSSR count). The van der Waals surface area contributed by atoms with Gasteiger partial charge >= 0.3 is 0 Å². The Labute approximate surface area is 97.1 Å². The van der Waals surface area contributed by atoms with Gasteiger partial charge in [-0.25, -0.2) is 0 Å². The summed E-state index contributed by atoms with van der Waals surface area (Å²) < 4.78 is 0. The first-order valence-electron chi connectivity index (χ1n) is 5.84. The summed E-state index contributed by atoms with van der Waals surface area (Å²) >= 11 is 0. The molecule has 0 saturated carbocycles. The average Bonchev–Trinajstić information content (AvgIpc) is 2.35. The highest BCUT2D eigenvalue weighted by Gasteiger charge is 2.14. The molecule has 1 aromatic rings. The van der Waals surface area contributed by atoms with Crippen LogP contribution in [0.4, 0.5) is 0 Å². The summed E-state index contributed by atoms with van der Waals surface area (Å²) in [6.07, 6.45) is 2.07. The molecule has 0 aliphatic carbocycles. The van der Waals surface area contributed by atoms with Crippen molar-refractivity contribution in [2.75, 3.05) is 13.2 Å². The molecule has 0 saturated heterocycles. The van der Waals surface area contributed by atoms with E-state index in [2.05, 4.69) is 24.4 Å². The van der Waals surface area contributed by atoms with E-state index >= 15 is 0 Å². The van der Waals surface area contributed by atoms with Gasteiger partial charge in [-0.15, -0.1) is 0 Å². The highest BCUT2D eigenvalue weighted by Crippen LogP contribution is 2.18. The number of aliphatic hydroxyl groups is 2. The van der Waals surface area contributed by atoms with Gasteiger partial charge in [0.2, 0.25) is 0 Å². The van der Waals surface area contributed by atoms with Crippen LogP contribution in [-0.4, -0.2) is 29.5 Å². The first kappa shape index (κ1) is 13.2. The van der Waals surface area contributed by atoms with Gasteiger partial charge in [-0.05, 0) is 12.0 Å². The summed E-state index contributed by atoms with van der Waals surface area (Å²) in [5.41, 5.74) is 1.20. The molecule has 0 amide bonds. The second-order valence-electron chi connectivity index (χ2n) is 3.98. The highest BCUT2D eigenvalue weighted by atomic mass is 16.3. The number of nitrogens with one attached hydrogen (secondary N) is 1. The summed E-state index contributed by atoms with van der Waals surface area (Å²) in [6.45, 7) is 2.05. The largest absolute Gasteiger partial charge is 0.395 e. The summed E-state index contributed by atoms with van der Waals surface area (Å²) in [4.78, 5) is 0. The lowest BCUT2D eigenvalue weighted by molar-refractivity contribution is 0.160. The molecule has 1 aromatic carbocycles. The van der Waals surface area contributed by atoms with Crippen molar-refractivity contribution in [2.24, 2.45) is 0 Å². The summed E-state index contributed by atoms with van der Waals surface area (Å²) in [5.74, 6) is 0. The zero-order valence-corrected chi connectivity index (χ0v) is 9.76. The molecule has 1 atom stereocenters. The molecule has 16 heavy (non-hydrogen) atoms. The number of benzene rings is 1. The third-order valence-corrected chi connectivity index (χ3v) is 2.66. The number of aliphatic hydroxyl groups excluding tert-OH is 2. The molecule has 0 aliphatic rings. The molecule has 0 aromatic heterocycles. The second-order valence-corrected chi connectivity index (χ2v) is 3.98. The topological polar surface area (TPSA) is 52.5 Å². The molecular weight excluding hydrogens is 202 g/mol. The predicted molar refractivity (Wildman–Crippen MR) is 65.2 cm³/mol. The summed E-state index contributed by atoms with van der Waals surface area (Å²) in [7, 11) is 0. The Morgan fingerprint density at radius 2 is 1.75 bits per heavy atom. The maximum atomic E-state index is 9.07. The summed E-state index contributed by atoms with van der Waals surface area (Å²) in [6, 6.07) is 10.1. The van der Waals surface area contributed by atoms with Crippen LogP contribution in [0.1, 0.15) is 31.4 Å². The van der Waals surface area contributed by atoms with Crippen molar-refractivity contribution in [3.8, 4) is 0 Å². The first-order valence-corrected chi connectivity index (χ1v) is 5.84. The quantitative estimate of drug-likeness (QED) is 0.656. The molecule has 0 radical (unpaired) electrons. The van der Waals surface area contributed by atoms with Crippen LogP contribution in [0.3, 0.4) is 0 Å². The van der Waals surface area contributed by atoms with E-state index in [4.69, 9.17) is 10.2 Å². The van der Waals surface area contributed by atoms with Crippen molar-refractivity contribution in [1.82, 2.24) is 5.32 Å². The van der Waals surface area contributed by atoms with E-state index in [0.717, 1.165) is 12.8 Å². The van der Waals surface area contributed by atoms with E-state index < -0.39 is 0 Å². The zero-order chi connectivity index (χ0) is 11.8. The molecule has 0 fully saturated rings. The van der Waals surface area contributed by atoms with Gasteiger partial charge in [-0.2, -0.15) is 0 Å². The Balaban J connectivity index is 2.67. The minimum Gasteiger partial charge on any atom is -0.395 e. The standard InChI is InChI=1S/C13H21NO2/c1-2-6-13(14-12(9-15)10-16)11-7-4-3-5-8-11/h3-5,7-8,12-16H,2,6,9-10H2,1H3. The smallest absolute Gasteiger partial charge is 0.0607 e. The van der Waals surface area contributed by atoms with Gasteiger partial charge in [0, 0.05) is 6.04 Å². The van der Waals surface area contributed by atoms with Crippen LogP contribution in [0.25, 0.3) is 0 Å². The van der Waals surface area contributed by atoms with Crippen LogP contribution in [0.15, 0.2) is 30.3 Å². The first-order chi connectivity index (χ1) is 7.81. The maximum Gasteiger partial charge on any atom is 0.0607 e. The van der Waals surface area contributed by atoms with Gasteiger partial charge in [0.05, 0.1) is 19.3 Å². The fourth-order valence-corrected chi connectivity index (χ4v) is 1.77. The normalized spacial score (nSPS) is 13.0. The Morgan fingerprint density at radius 1 is 1.12 bits per heavy atom. The minimum absolute atomic E-state index is 0.0381. The van der Waals surface area contributed by atoms with Gasteiger partial charge < -0.3 is 15.5 Å². The molecule has 90 valence electrons. The Bertz CT molecular complexity index is 273. The predicted octanol–water partition coefficient (Wildman–Crippen LogP) is 1.47. The van der Waals surface area contributed by atoms with E-state index in [0.29, 0.717) is 0 Å². The van der Waals surface area contributed by atoms with Crippen molar-refractivity contribution in [3.63, 3.8) is 0 Å². The van der Waals surface area contributed by atoms with Crippen molar-refractivity contribution in [3.05, 3.63) is 35.9 Å². The van der Waals surface area contributed by atoms with Crippen molar-refractivity contribution >= 4 is 0 Å². The Morgan fingerprint density at radius 3 is 2.25 bits per heavy atom. The fraction of sp³-hybridized carbons (Fsp3) is 0.538. The van der Waals surface area contributed by atoms with Crippen LogP contribution in [-0.2, 0) is 0 Å². The van der Waals surface area contributed by atoms with Gasteiger partial charge in [0.15, 0.2) is 0 Å². The maximum absolute atomic E-state index is 9.07. The molecule has 3 heteroatoms. The number of rotatable bonds is 7. The van der Waals surface area contributed by atoms with Crippen molar-refractivity contribution in [2.45, 2.75) is 31.8 Å². The minimum atomic E-state index is -0.239.